The van der Waals surface area contributed by atoms with Gasteiger partial charge in [0.15, 0.2) is 0 Å². The van der Waals surface area contributed by atoms with E-state index in [1.54, 1.807) is 0 Å². The molecule has 110 valence electrons. The van der Waals surface area contributed by atoms with Gasteiger partial charge in [-0.05, 0) is 33.6 Å². The number of nitrogens with zero attached hydrogens (tertiary/aromatic N) is 1. The van der Waals surface area contributed by atoms with Crippen molar-refractivity contribution >= 4 is 5.91 Å². The third-order valence-corrected chi connectivity index (χ3v) is 4.17. The van der Waals surface area contributed by atoms with Crippen LogP contribution in [0.5, 0.6) is 0 Å². The summed E-state index contributed by atoms with van der Waals surface area (Å²) in [5.41, 5.74) is -0.141. The predicted octanol–water partition coefficient (Wildman–Crippen LogP) is 0.354. The Morgan fingerprint density at radius 2 is 2.05 bits per heavy atom. The van der Waals surface area contributed by atoms with E-state index in [4.69, 9.17) is 4.74 Å². The first-order valence-corrected chi connectivity index (χ1v) is 7.37. The van der Waals surface area contributed by atoms with Gasteiger partial charge in [-0.15, -0.1) is 0 Å². The second kappa shape index (κ2) is 6.20. The molecule has 1 amide bonds. The van der Waals surface area contributed by atoms with Gasteiger partial charge in [-0.25, -0.2) is 0 Å². The summed E-state index contributed by atoms with van der Waals surface area (Å²) in [4.78, 5) is 14.3. The number of amides is 1. The van der Waals surface area contributed by atoms with Crippen LogP contribution in [0, 0.1) is 0 Å². The number of hydrogen-bond acceptors (Lipinski definition) is 4. The van der Waals surface area contributed by atoms with Crippen LogP contribution < -0.4 is 10.6 Å². The molecule has 5 nitrogen and oxygen atoms in total. The zero-order valence-electron chi connectivity index (χ0n) is 12.4. The molecule has 2 aliphatic heterocycles. The van der Waals surface area contributed by atoms with Crippen LogP contribution in [0.4, 0.5) is 0 Å². The van der Waals surface area contributed by atoms with Gasteiger partial charge >= 0.3 is 0 Å². The first-order valence-electron chi connectivity index (χ1n) is 7.37. The Bertz CT molecular complexity index is 308. The van der Waals surface area contributed by atoms with Gasteiger partial charge in [0, 0.05) is 38.3 Å². The lowest BCUT2D eigenvalue weighted by atomic mass is 10.0. The maximum atomic E-state index is 11.8. The molecule has 0 atom stereocenters. The maximum Gasteiger partial charge on any atom is 0.246 e. The molecule has 0 bridgehead atoms. The Morgan fingerprint density at radius 1 is 1.42 bits per heavy atom. The molecular formula is C14H27N3O2. The molecule has 2 aliphatic rings. The lowest BCUT2D eigenvalue weighted by Gasteiger charge is -2.39. The van der Waals surface area contributed by atoms with Gasteiger partial charge in [0.25, 0.3) is 0 Å². The molecule has 0 unspecified atom stereocenters. The SMILES string of the molecule is CC(C)N1CCC(NC(=O)COC2(C)CNC2)CC1. The Hall–Kier alpha value is -0.650. The summed E-state index contributed by atoms with van der Waals surface area (Å²) in [6.07, 6.45) is 2.09. The van der Waals surface area contributed by atoms with Crippen LogP contribution in [-0.4, -0.2) is 61.3 Å². The molecule has 0 aromatic rings. The van der Waals surface area contributed by atoms with Crippen LogP contribution in [0.15, 0.2) is 0 Å². The fraction of sp³-hybridized carbons (Fsp3) is 0.929. The summed E-state index contributed by atoms with van der Waals surface area (Å²) >= 11 is 0. The predicted molar refractivity (Wildman–Crippen MR) is 75.1 cm³/mol. The van der Waals surface area contributed by atoms with Gasteiger partial charge in [0.2, 0.25) is 5.91 Å². The van der Waals surface area contributed by atoms with Crippen molar-refractivity contribution < 1.29 is 9.53 Å². The van der Waals surface area contributed by atoms with E-state index >= 15 is 0 Å². The maximum absolute atomic E-state index is 11.8. The number of piperidine rings is 1. The highest BCUT2D eigenvalue weighted by atomic mass is 16.5. The first kappa shape index (κ1) is 14.8. The topological polar surface area (TPSA) is 53.6 Å². The lowest BCUT2D eigenvalue weighted by Crippen LogP contribution is -2.60. The number of nitrogens with one attached hydrogen (secondary N) is 2. The van der Waals surface area contributed by atoms with Gasteiger partial charge in [0.05, 0.1) is 5.60 Å². The zero-order valence-corrected chi connectivity index (χ0v) is 12.4. The summed E-state index contributed by atoms with van der Waals surface area (Å²) in [7, 11) is 0. The van der Waals surface area contributed by atoms with Crippen LogP contribution in [0.2, 0.25) is 0 Å². The van der Waals surface area contributed by atoms with Gasteiger partial charge in [-0.2, -0.15) is 0 Å². The molecule has 2 heterocycles. The fourth-order valence-electron chi connectivity index (χ4n) is 2.65. The average Bonchev–Trinajstić information content (AvgIpc) is 2.35. The van der Waals surface area contributed by atoms with Crippen LogP contribution in [0.3, 0.4) is 0 Å². The van der Waals surface area contributed by atoms with Gasteiger partial charge in [-0.1, -0.05) is 0 Å². The Kier molecular flexibility index (Phi) is 4.81. The summed E-state index contributed by atoms with van der Waals surface area (Å²) in [5.74, 6) is 0.0242. The highest BCUT2D eigenvalue weighted by molar-refractivity contribution is 5.77. The fourth-order valence-corrected chi connectivity index (χ4v) is 2.65. The van der Waals surface area contributed by atoms with E-state index in [1.807, 2.05) is 6.92 Å². The van der Waals surface area contributed by atoms with Crippen LogP contribution in [-0.2, 0) is 9.53 Å². The van der Waals surface area contributed by atoms with Crippen molar-refractivity contribution in [1.29, 1.82) is 0 Å². The molecule has 0 spiro atoms. The van der Waals surface area contributed by atoms with Crippen LogP contribution in [0.25, 0.3) is 0 Å². The van der Waals surface area contributed by atoms with E-state index in [2.05, 4.69) is 29.4 Å². The molecule has 0 aromatic heterocycles. The van der Waals surface area contributed by atoms with Crippen molar-refractivity contribution in [3.63, 3.8) is 0 Å². The number of ether oxygens (including phenoxy) is 1. The third-order valence-electron chi connectivity index (χ3n) is 4.17. The molecule has 19 heavy (non-hydrogen) atoms. The summed E-state index contributed by atoms with van der Waals surface area (Å²) in [6, 6.07) is 0.921. The Labute approximate surface area is 116 Å². The van der Waals surface area contributed by atoms with E-state index in [-0.39, 0.29) is 18.1 Å². The molecule has 2 rings (SSSR count). The Morgan fingerprint density at radius 3 is 2.53 bits per heavy atom. The monoisotopic (exact) mass is 269 g/mol. The standard InChI is InChI=1S/C14H27N3O2/c1-11(2)17-6-4-12(5-7-17)16-13(18)8-19-14(3)9-15-10-14/h11-12,15H,4-10H2,1-3H3,(H,16,18). The minimum absolute atomic E-state index is 0.0242. The van der Waals surface area contributed by atoms with Crippen molar-refractivity contribution in [2.45, 2.75) is 51.3 Å². The van der Waals surface area contributed by atoms with Crippen LogP contribution >= 0.6 is 0 Å². The van der Waals surface area contributed by atoms with Crippen LogP contribution in [0.1, 0.15) is 33.6 Å². The largest absolute Gasteiger partial charge is 0.363 e. The molecule has 2 fully saturated rings. The lowest BCUT2D eigenvalue weighted by molar-refractivity contribution is -0.136. The highest BCUT2D eigenvalue weighted by Crippen LogP contribution is 2.15. The van der Waals surface area contributed by atoms with Gasteiger partial charge in [-0.3, -0.25) is 4.79 Å². The van der Waals surface area contributed by atoms with Crippen molar-refractivity contribution in [3.8, 4) is 0 Å². The quantitative estimate of drug-likeness (QED) is 0.756. The average molecular weight is 269 g/mol. The highest BCUT2D eigenvalue weighted by Gasteiger charge is 2.33. The first-order chi connectivity index (χ1) is 8.98. The molecule has 2 N–H and O–H groups in total. The minimum Gasteiger partial charge on any atom is -0.363 e. The number of carbonyl (C=O) groups excluding carboxylic acids is 1. The second-order valence-electron chi connectivity index (χ2n) is 6.31. The van der Waals surface area contributed by atoms with Gasteiger partial charge < -0.3 is 20.3 Å². The summed E-state index contributed by atoms with van der Waals surface area (Å²) in [6.45, 7) is 10.5. The Balaban J connectivity index is 1.63. The molecule has 5 heteroatoms. The number of rotatable bonds is 5. The molecule has 0 saturated carbocycles. The van der Waals surface area contributed by atoms with Crippen molar-refractivity contribution in [1.82, 2.24) is 15.5 Å². The van der Waals surface area contributed by atoms with E-state index in [0.29, 0.717) is 12.1 Å². The summed E-state index contributed by atoms with van der Waals surface area (Å²) < 4.78 is 5.64. The molecule has 0 radical (unpaired) electrons. The normalized spacial score (nSPS) is 24.2. The van der Waals surface area contributed by atoms with Crippen molar-refractivity contribution in [3.05, 3.63) is 0 Å². The minimum atomic E-state index is -0.141. The molecule has 0 aromatic carbocycles. The smallest absolute Gasteiger partial charge is 0.246 e. The van der Waals surface area contributed by atoms with E-state index < -0.39 is 0 Å². The number of hydrogen-bond donors (Lipinski definition) is 2. The van der Waals surface area contributed by atoms with E-state index in [1.165, 1.54) is 0 Å². The third kappa shape index (κ3) is 4.16. The molecule has 0 aliphatic carbocycles. The zero-order chi connectivity index (χ0) is 13.9. The number of carbonyl (C=O) groups is 1. The van der Waals surface area contributed by atoms with E-state index in [0.717, 1.165) is 39.0 Å². The van der Waals surface area contributed by atoms with E-state index in [9.17, 15) is 4.79 Å². The second-order valence-corrected chi connectivity index (χ2v) is 6.31. The number of likely N-dealkylation sites (tertiary alicyclic amines) is 1. The molecular weight excluding hydrogens is 242 g/mol. The van der Waals surface area contributed by atoms with Gasteiger partial charge in [0.1, 0.15) is 6.61 Å². The summed E-state index contributed by atoms with van der Waals surface area (Å²) in [5, 5.41) is 6.25. The molecule has 2 saturated heterocycles. The van der Waals surface area contributed by atoms with Crippen molar-refractivity contribution in [2.75, 3.05) is 32.8 Å². The van der Waals surface area contributed by atoms with Crippen molar-refractivity contribution in [2.24, 2.45) is 0 Å².